The van der Waals surface area contributed by atoms with Crippen LogP contribution in [0.3, 0.4) is 0 Å². The number of carbonyl (C=O) groups is 1. The predicted molar refractivity (Wildman–Crippen MR) is 355 cm³/mol. The molecule has 14 nitrogen and oxygen atoms in total. The molecule has 2 rings (SSSR count). The number of hydrogen-bond donors (Lipinski definition) is 9. The fraction of sp³-hybridized carbons (Fsp3) is 0.877. The number of amides is 1. The number of carbonyl (C=O) groups excluding carboxylic acids is 1. The molecule has 1 amide bonds. The third kappa shape index (κ3) is 41.9. The fourth-order valence-electron chi connectivity index (χ4n) is 11.9. The zero-order valence-electron chi connectivity index (χ0n) is 55.5. The standard InChI is InChI=1S/C73H135NO13/c1-3-5-7-9-11-13-15-17-19-21-22-23-24-25-26-27-28-29-30-31-32-33-34-35-36-37-38-39-40-41-43-45-47-49-51-53-55-57-65(78)74-61(62(77)56-54-52-50-48-46-44-42-20-18-16-14-12-10-8-6-4-2)60-84-72-70(83)68(81)71(64(59-76)86-72)87-73-69(82)67(80)66(79)63(58-75)85-73/h15,17,21-22,46,48,54,56,61-64,66-73,75-77,79-83H,3-14,16,18-20,23-45,47,49-53,55,57-60H2,1-2H3,(H,74,78)/b17-15-,22-21-,48-46+,56-54+. The number of unbranched alkanes of at least 4 members (excludes halogenated alkanes) is 41. The molecular weight excluding hydrogens is 1100 g/mol. The monoisotopic (exact) mass is 1230 g/mol. The third-order valence-electron chi connectivity index (χ3n) is 17.7. The number of nitrogens with one attached hydrogen (secondary N) is 1. The Bertz CT molecular complexity index is 1640. The smallest absolute Gasteiger partial charge is 0.220 e. The zero-order valence-corrected chi connectivity index (χ0v) is 55.5. The van der Waals surface area contributed by atoms with Crippen molar-refractivity contribution in [3.63, 3.8) is 0 Å². The maximum Gasteiger partial charge on any atom is 0.220 e. The third-order valence-corrected chi connectivity index (χ3v) is 17.7. The van der Waals surface area contributed by atoms with Crippen LogP contribution in [-0.2, 0) is 23.7 Å². The first-order chi connectivity index (χ1) is 42.6. The van der Waals surface area contributed by atoms with Crippen molar-refractivity contribution in [2.45, 2.75) is 389 Å². The van der Waals surface area contributed by atoms with Crippen LogP contribution in [-0.4, -0.2) is 140 Å². The topological polar surface area (TPSA) is 228 Å². The Labute approximate surface area is 531 Å². The largest absolute Gasteiger partial charge is 0.394 e. The number of hydrogen-bond acceptors (Lipinski definition) is 13. The predicted octanol–water partition coefficient (Wildman–Crippen LogP) is 15.1. The van der Waals surface area contributed by atoms with Gasteiger partial charge in [-0.15, -0.1) is 0 Å². The van der Waals surface area contributed by atoms with E-state index in [0.29, 0.717) is 12.8 Å². The van der Waals surface area contributed by atoms with Gasteiger partial charge in [0, 0.05) is 6.42 Å². The molecule has 2 aliphatic heterocycles. The van der Waals surface area contributed by atoms with Crippen molar-refractivity contribution in [2.75, 3.05) is 19.8 Å². The number of aliphatic hydroxyl groups is 8. The summed E-state index contributed by atoms with van der Waals surface area (Å²) in [7, 11) is 0. The molecule has 12 atom stereocenters. The molecule has 14 heteroatoms. The first-order valence-corrected chi connectivity index (χ1v) is 36.4. The number of allylic oxidation sites excluding steroid dienone is 7. The second kappa shape index (κ2) is 57.8. The highest BCUT2D eigenvalue weighted by Gasteiger charge is 2.51. The maximum atomic E-state index is 13.3. The number of ether oxygens (including phenoxy) is 4. The van der Waals surface area contributed by atoms with Crippen LogP contribution < -0.4 is 5.32 Å². The van der Waals surface area contributed by atoms with Gasteiger partial charge in [-0.25, -0.2) is 0 Å². The van der Waals surface area contributed by atoms with E-state index < -0.39 is 86.8 Å². The van der Waals surface area contributed by atoms with Crippen LogP contribution in [0.5, 0.6) is 0 Å². The zero-order chi connectivity index (χ0) is 63.1. The molecule has 0 bridgehead atoms. The van der Waals surface area contributed by atoms with Crippen LogP contribution >= 0.6 is 0 Å². The van der Waals surface area contributed by atoms with E-state index in [0.717, 1.165) is 38.5 Å². The minimum Gasteiger partial charge on any atom is -0.394 e. The van der Waals surface area contributed by atoms with E-state index in [4.69, 9.17) is 18.9 Å². The van der Waals surface area contributed by atoms with E-state index in [1.54, 1.807) is 6.08 Å². The Hall–Kier alpha value is -2.05. The maximum absolute atomic E-state index is 13.3. The highest BCUT2D eigenvalue weighted by molar-refractivity contribution is 5.76. The summed E-state index contributed by atoms with van der Waals surface area (Å²) >= 11 is 0. The van der Waals surface area contributed by atoms with E-state index in [2.05, 4.69) is 55.6 Å². The summed E-state index contributed by atoms with van der Waals surface area (Å²) in [4.78, 5) is 13.3. The Morgan fingerprint density at radius 3 is 1.20 bits per heavy atom. The Morgan fingerprint density at radius 2 is 0.770 bits per heavy atom. The van der Waals surface area contributed by atoms with Gasteiger partial charge < -0.3 is 65.1 Å². The minimum atomic E-state index is -1.79. The fourth-order valence-corrected chi connectivity index (χ4v) is 11.9. The molecule has 0 aromatic carbocycles. The number of aliphatic hydroxyl groups excluding tert-OH is 8. The summed E-state index contributed by atoms with van der Waals surface area (Å²) in [6.45, 7) is 2.80. The Kier molecular flexibility index (Phi) is 53.9. The van der Waals surface area contributed by atoms with Crippen LogP contribution in [0.1, 0.15) is 316 Å². The highest BCUT2D eigenvalue weighted by Crippen LogP contribution is 2.30. The van der Waals surface area contributed by atoms with Crippen molar-refractivity contribution < 1.29 is 64.6 Å². The first kappa shape index (κ1) is 81.0. The van der Waals surface area contributed by atoms with E-state index in [1.165, 1.54) is 244 Å². The lowest BCUT2D eigenvalue weighted by atomic mass is 9.97. The quantitative estimate of drug-likeness (QED) is 0.0204. The van der Waals surface area contributed by atoms with Crippen LogP contribution in [0.2, 0.25) is 0 Å². The van der Waals surface area contributed by atoms with Crippen LogP contribution in [0.4, 0.5) is 0 Å². The van der Waals surface area contributed by atoms with Gasteiger partial charge in [0.25, 0.3) is 0 Å². The molecule has 2 saturated heterocycles. The van der Waals surface area contributed by atoms with Gasteiger partial charge in [-0.05, 0) is 64.2 Å². The highest BCUT2D eigenvalue weighted by atomic mass is 16.7. The summed E-state index contributed by atoms with van der Waals surface area (Å²) in [6, 6.07) is -0.930. The molecule has 87 heavy (non-hydrogen) atoms. The van der Waals surface area contributed by atoms with Gasteiger partial charge in [0.1, 0.15) is 48.8 Å². The van der Waals surface area contributed by atoms with E-state index in [1.807, 2.05) is 6.08 Å². The molecule has 0 aromatic heterocycles. The molecule has 2 aliphatic rings. The van der Waals surface area contributed by atoms with Crippen molar-refractivity contribution in [1.82, 2.24) is 5.32 Å². The van der Waals surface area contributed by atoms with Gasteiger partial charge in [0.15, 0.2) is 12.6 Å². The van der Waals surface area contributed by atoms with Gasteiger partial charge in [-0.2, -0.15) is 0 Å². The average Bonchev–Trinajstić information content (AvgIpc) is 2.36. The Morgan fingerprint density at radius 1 is 0.414 bits per heavy atom. The molecule has 2 heterocycles. The molecule has 12 unspecified atom stereocenters. The normalized spacial score (nSPS) is 23.5. The van der Waals surface area contributed by atoms with Crippen molar-refractivity contribution in [2.24, 2.45) is 0 Å². The molecule has 0 aliphatic carbocycles. The summed E-state index contributed by atoms with van der Waals surface area (Å²) < 4.78 is 22.8. The molecule has 0 saturated carbocycles. The van der Waals surface area contributed by atoms with Gasteiger partial charge in [0.2, 0.25) is 5.91 Å². The summed E-state index contributed by atoms with van der Waals surface area (Å²) in [5.41, 5.74) is 0. The summed E-state index contributed by atoms with van der Waals surface area (Å²) in [5, 5.41) is 87.3. The van der Waals surface area contributed by atoms with E-state index in [9.17, 15) is 45.6 Å². The lowest BCUT2D eigenvalue weighted by molar-refractivity contribution is -0.359. The first-order valence-electron chi connectivity index (χ1n) is 36.4. The van der Waals surface area contributed by atoms with Crippen LogP contribution in [0.25, 0.3) is 0 Å². The molecular formula is C73H135NO13. The molecule has 0 aromatic rings. The van der Waals surface area contributed by atoms with Crippen molar-refractivity contribution in [1.29, 1.82) is 0 Å². The van der Waals surface area contributed by atoms with E-state index >= 15 is 0 Å². The van der Waals surface area contributed by atoms with Gasteiger partial charge in [-0.1, -0.05) is 294 Å². The van der Waals surface area contributed by atoms with Gasteiger partial charge >= 0.3 is 0 Å². The lowest BCUT2D eigenvalue weighted by Gasteiger charge is -2.46. The molecule has 2 fully saturated rings. The van der Waals surface area contributed by atoms with Crippen LogP contribution in [0, 0.1) is 0 Å². The van der Waals surface area contributed by atoms with Gasteiger partial charge in [0.05, 0.1) is 32.0 Å². The molecule has 510 valence electrons. The summed E-state index contributed by atoms with van der Waals surface area (Å²) in [6.07, 6.45) is 59.1. The van der Waals surface area contributed by atoms with Crippen molar-refractivity contribution in [3.05, 3.63) is 48.6 Å². The second-order valence-electron chi connectivity index (χ2n) is 25.7. The molecule has 0 radical (unpaired) electrons. The SMILES string of the molecule is CCCCCCC/C=C\C/C=C\CCCCCCCCCCCCCCCCCCCCCCCCCCCC(=O)NC(COC1OC(CO)C(OC2OC(CO)C(O)C(O)C2O)C(O)C1O)C(O)/C=C/CC/C=C/CCCCCCCCCCCC. The lowest BCUT2D eigenvalue weighted by Crippen LogP contribution is -2.65. The molecule has 9 N–H and O–H groups in total. The average molecular weight is 1230 g/mol. The number of rotatable bonds is 60. The van der Waals surface area contributed by atoms with Crippen LogP contribution in [0.15, 0.2) is 48.6 Å². The van der Waals surface area contributed by atoms with E-state index in [-0.39, 0.29) is 18.9 Å². The van der Waals surface area contributed by atoms with Crippen molar-refractivity contribution in [3.8, 4) is 0 Å². The molecule has 0 spiro atoms. The second-order valence-corrected chi connectivity index (χ2v) is 25.7. The van der Waals surface area contributed by atoms with Crippen molar-refractivity contribution >= 4 is 5.91 Å². The van der Waals surface area contributed by atoms with Gasteiger partial charge in [-0.3, -0.25) is 4.79 Å². The minimum absolute atomic E-state index is 0.244. The Balaban J connectivity index is 1.59. The summed E-state index contributed by atoms with van der Waals surface area (Å²) in [5.74, 6) is -0.244.